The number of carbonyl (C=O) groups excluding carboxylic acids is 1. The van der Waals surface area contributed by atoms with Crippen molar-refractivity contribution in [2.45, 2.75) is 50.5 Å². The van der Waals surface area contributed by atoms with Gasteiger partial charge in [0, 0.05) is 16.5 Å². The fourth-order valence-electron chi connectivity index (χ4n) is 4.96. The first-order chi connectivity index (χ1) is 18.4. The van der Waals surface area contributed by atoms with Gasteiger partial charge in [0.15, 0.2) is 5.82 Å². The lowest BCUT2D eigenvalue weighted by Gasteiger charge is -2.47. The van der Waals surface area contributed by atoms with Crippen molar-refractivity contribution >= 4 is 29.1 Å². The maximum absolute atomic E-state index is 14.3. The minimum Gasteiger partial charge on any atom is -0.358 e. The largest absolute Gasteiger partial charge is 0.358 e. The van der Waals surface area contributed by atoms with Gasteiger partial charge in [0.2, 0.25) is 0 Å². The summed E-state index contributed by atoms with van der Waals surface area (Å²) in [6, 6.07) is 19.9. The van der Waals surface area contributed by atoms with E-state index in [4.69, 9.17) is 27.9 Å². The molecule has 4 atom stereocenters. The van der Waals surface area contributed by atoms with Crippen LogP contribution in [-0.4, -0.2) is 37.5 Å². The Balaban J connectivity index is 1.65. The van der Waals surface area contributed by atoms with Crippen molar-refractivity contribution < 1.29 is 13.9 Å². The van der Waals surface area contributed by atoms with Gasteiger partial charge in [-0.2, -0.15) is 5.21 Å². The van der Waals surface area contributed by atoms with Gasteiger partial charge in [-0.05, 0) is 59.5 Å². The van der Waals surface area contributed by atoms with Crippen molar-refractivity contribution in [3.05, 3.63) is 111 Å². The first-order valence-corrected chi connectivity index (χ1v) is 13.2. The van der Waals surface area contributed by atoms with E-state index in [1.165, 1.54) is 12.1 Å². The number of hydrogen-bond donors (Lipinski definition) is 1. The molecule has 1 aromatic heterocycles. The Morgan fingerprint density at radius 2 is 1.61 bits per heavy atom. The van der Waals surface area contributed by atoms with E-state index in [1.807, 2.05) is 36.1 Å². The molecule has 196 valence electrons. The molecule has 1 aliphatic rings. The van der Waals surface area contributed by atoms with Crippen LogP contribution in [0.3, 0.4) is 0 Å². The normalized spacial score (nSPS) is 20.5. The number of tetrazole rings is 1. The fourth-order valence-corrected chi connectivity index (χ4v) is 5.21. The smallest absolute Gasteiger partial charge is 0.253 e. The molecule has 0 radical (unpaired) electrons. The summed E-state index contributed by atoms with van der Waals surface area (Å²) in [5.74, 6) is -0.118. The molecule has 1 N–H and O–H groups in total. The summed E-state index contributed by atoms with van der Waals surface area (Å²) in [7, 11) is 0. The second kappa shape index (κ2) is 11.6. The van der Waals surface area contributed by atoms with Gasteiger partial charge in [-0.15, -0.1) is 10.2 Å². The minimum atomic E-state index is -0.823. The number of nitrogens with one attached hydrogen (secondary N) is 1. The number of amides is 1. The number of benzene rings is 3. The fraction of sp³-hybridized carbons (Fsp3) is 0.286. The van der Waals surface area contributed by atoms with Crippen molar-refractivity contribution in [1.29, 1.82) is 0 Å². The van der Waals surface area contributed by atoms with Crippen LogP contribution >= 0.6 is 23.2 Å². The van der Waals surface area contributed by atoms with Crippen LogP contribution in [0.5, 0.6) is 0 Å². The third kappa shape index (κ3) is 5.57. The first-order valence-electron chi connectivity index (χ1n) is 12.4. The molecule has 5 rings (SSSR count). The lowest BCUT2D eigenvalue weighted by Crippen LogP contribution is -2.53. The summed E-state index contributed by atoms with van der Waals surface area (Å²) < 4.78 is 20.2. The highest BCUT2D eigenvalue weighted by atomic mass is 35.5. The summed E-state index contributed by atoms with van der Waals surface area (Å²) in [4.78, 5) is 16.1. The number of hydrogen-bond acceptors (Lipinski definition) is 5. The van der Waals surface area contributed by atoms with Crippen LogP contribution < -0.4 is 0 Å². The second-order valence-electron chi connectivity index (χ2n) is 9.24. The second-order valence-corrected chi connectivity index (χ2v) is 10.1. The summed E-state index contributed by atoms with van der Waals surface area (Å²) in [5, 5.41) is 16.0. The quantitative estimate of drug-likeness (QED) is 0.271. The number of H-pyrrole nitrogens is 1. The summed E-state index contributed by atoms with van der Waals surface area (Å²) in [6.45, 7) is 2.04. The third-order valence-electron chi connectivity index (χ3n) is 6.73. The van der Waals surface area contributed by atoms with E-state index in [0.29, 0.717) is 22.3 Å². The molecule has 1 fully saturated rings. The summed E-state index contributed by atoms with van der Waals surface area (Å²) in [5.41, 5.74) is 2.50. The van der Waals surface area contributed by atoms with E-state index in [-0.39, 0.29) is 18.1 Å². The maximum Gasteiger partial charge on any atom is 0.253 e. The number of rotatable bonds is 8. The van der Waals surface area contributed by atoms with Crippen LogP contribution in [0.2, 0.25) is 10.0 Å². The van der Waals surface area contributed by atoms with Crippen molar-refractivity contribution in [3.8, 4) is 0 Å². The summed E-state index contributed by atoms with van der Waals surface area (Å²) >= 11 is 12.4. The number of morpholine rings is 1. The third-order valence-corrected chi connectivity index (χ3v) is 7.23. The predicted octanol–water partition coefficient (Wildman–Crippen LogP) is 6.44. The molecular formula is C28H26Cl2FN5O2. The van der Waals surface area contributed by atoms with Gasteiger partial charge in [0.1, 0.15) is 18.0 Å². The van der Waals surface area contributed by atoms with Crippen molar-refractivity contribution in [2.75, 3.05) is 0 Å². The number of ether oxygens (including phenoxy) is 1. The van der Waals surface area contributed by atoms with Gasteiger partial charge < -0.3 is 9.64 Å². The molecule has 10 heteroatoms. The highest BCUT2D eigenvalue weighted by Gasteiger charge is 2.47. The Bertz CT molecular complexity index is 1350. The van der Waals surface area contributed by atoms with E-state index in [9.17, 15) is 9.18 Å². The zero-order valence-corrected chi connectivity index (χ0v) is 22.1. The van der Waals surface area contributed by atoms with Crippen LogP contribution in [0.4, 0.5) is 4.39 Å². The van der Waals surface area contributed by atoms with Crippen LogP contribution in [0, 0.1) is 5.82 Å². The van der Waals surface area contributed by atoms with E-state index in [1.54, 1.807) is 36.4 Å². The van der Waals surface area contributed by atoms with E-state index in [0.717, 1.165) is 23.1 Å². The molecule has 4 aromatic rings. The lowest BCUT2D eigenvalue weighted by atomic mass is 9.88. The van der Waals surface area contributed by atoms with Crippen LogP contribution in [0.15, 0.2) is 72.8 Å². The van der Waals surface area contributed by atoms with Gasteiger partial charge in [0.25, 0.3) is 5.91 Å². The highest BCUT2D eigenvalue weighted by molar-refractivity contribution is 6.30. The lowest BCUT2D eigenvalue weighted by molar-refractivity contribution is -0.180. The summed E-state index contributed by atoms with van der Waals surface area (Å²) in [6.07, 6.45) is 0.314. The van der Waals surface area contributed by atoms with Crippen molar-refractivity contribution in [2.24, 2.45) is 0 Å². The zero-order valence-electron chi connectivity index (χ0n) is 20.6. The van der Waals surface area contributed by atoms with Crippen LogP contribution in [0.1, 0.15) is 60.5 Å². The standard InChI is InChI=1S/C28H26Cl2FN5O2/c1-2-3-23(27-32-34-35-33-27)36-25(18-6-10-20(29)11-7-18)26(19-8-12-21(30)13-9-19)38-24(28(36)37)16-17-4-14-22(31)15-5-17/h4-15,23-26H,2-3,16H2,1H3,(H,32,33,34,35)/t23-,24+,25-,26+/m1/s1. The molecule has 0 saturated carbocycles. The average molecular weight is 554 g/mol. The molecule has 3 aromatic carbocycles. The Morgan fingerprint density at radius 1 is 0.974 bits per heavy atom. The van der Waals surface area contributed by atoms with Crippen LogP contribution in [0.25, 0.3) is 0 Å². The van der Waals surface area contributed by atoms with E-state index < -0.39 is 24.3 Å². The Hall–Kier alpha value is -3.33. The molecule has 38 heavy (non-hydrogen) atoms. The van der Waals surface area contributed by atoms with E-state index >= 15 is 0 Å². The molecule has 1 saturated heterocycles. The van der Waals surface area contributed by atoms with Gasteiger partial charge in [-0.1, -0.05) is 78.2 Å². The van der Waals surface area contributed by atoms with Crippen molar-refractivity contribution in [1.82, 2.24) is 25.5 Å². The van der Waals surface area contributed by atoms with E-state index in [2.05, 4.69) is 20.6 Å². The predicted molar refractivity (Wildman–Crippen MR) is 142 cm³/mol. The number of carbonyl (C=O) groups is 1. The van der Waals surface area contributed by atoms with Crippen molar-refractivity contribution in [3.63, 3.8) is 0 Å². The number of halogens is 3. The maximum atomic E-state index is 14.3. The molecule has 0 bridgehead atoms. The first kappa shape index (κ1) is 26.3. The molecule has 1 amide bonds. The van der Waals surface area contributed by atoms with Gasteiger partial charge in [-0.3, -0.25) is 4.79 Å². The monoisotopic (exact) mass is 553 g/mol. The minimum absolute atomic E-state index is 0.206. The molecule has 2 heterocycles. The Morgan fingerprint density at radius 3 is 2.18 bits per heavy atom. The molecule has 0 spiro atoms. The number of nitrogens with zero attached hydrogens (tertiary/aromatic N) is 4. The Kier molecular flexibility index (Phi) is 8.02. The molecule has 0 aliphatic carbocycles. The Labute approximate surface area is 229 Å². The highest BCUT2D eigenvalue weighted by Crippen LogP contribution is 2.47. The molecule has 1 aliphatic heterocycles. The van der Waals surface area contributed by atoms with Gasteiger partial charge in [0.05, 0.1) is 12.1 Å². The van der Waals surface area contributed by atoms with Gasteiger partial charge in [-0.25, -0.2) is 4.39 Å². The topological polar surface area (TPSA) is 84.0 Å². The molecular weight excluding hydrogens is 528 g/mol. The van der Waals surface area contributed by atoms with Gasteiger partial charge >= 0.3 is 0 Å². The number of aromatic nitrogens is 4. The molecule has 7 nitrogen and oxygen atoms in total. The van der Waals surface area contributed by atoms with Crippen LogP contribution in [-0.2, 0) is 16.0 Å². The SMILES string of the molecule is CCC[C@H](c1nn[nH]n1)N1C(=O)[C@H](Cc2ccc(F)cc2)O[C@@H](c2ccc(Cl)cc2)[C@H]1c1ccc(Cl)cc1. The number of aromatic amines is 1. The average Bonchev–Trinajstić information content (AvgIpc) is 3.46. The zero-order chi connectivity index (χ0) is 26.6. The molecule has 0 unspecified atom stereocenters.